The lowest BCUT2D eigenvalue weighted by molar-refractivity contribution is -0.0932. The number of nitrogens with two attached hydrogens (primary N) is 1. The number of halogens is 3. The maximum absolute atomic E-state index is 12.4. The van der Waals surface area contributed by atoms with Crippen LogP contribution in [0.25, 0.3) is 0 Å². The largest absolute Gasteiger partial charge is 0.431 e. The van der Waals surface area contributed by atoms with Gasteiger partial charge in [0.25, 0.3) is 0 Å². The summed E-state index contributed by atoms with van der Waals surface area (Å²) in [5.41, 5.74) is 4.99. The van der Waals surface area contributed by atoms with E-state index < -0.39 is 11.9 Å². The Morgan fingerprint density at radius 1 is 1.27 bits per heavy atom. The van der Waals surface area contributed by atoms with E-state index in [-0.39, 0.29) is 11.6 Å². The molecule has 2 fully saturated rings. The van der Waals surface area contributed by atoms with Gasteiger partial charge in [-0.3, -0.25) is 4.99 Å². The van der Waals surface area contributed by atoms with E-state index in [0.717, 1.165) is 19.3 Å². The Morgan fingerprint density at radius 2 is 1.93 bits per heavy atom. The fourth-order valence-electron chi connectivity index (χ4n) is 1.76. The molecule has 0 atom stereocenters. The average molecular weight is 218 g/mol. The number of hydrogen-bond donors (Lipinski definition) is 1. The SMILES string of the molecule is NC(=C1CCCC1=NC1CC1)C(F)(F)F. The summed E-state index contributed by atoms with van der Waals surface area (Å²) in [4.78, 5) is 4.28. The highest BCUT2D eigenvalue weighted by atomic mass is 19.4. The molecule has 2 aliphatic rings. The van der Waals surface area contributed by atoms with Crippen LogP contribution >= 0.6 is 0 Å². The van der Waals surface area contributed by atoms with Crippen molar-refractivity contribution in [3.8, 4) is 0 Å². The van der Waals surface area contributed by atoms with E-state index in [1.54, 1.807) is 0 Å². The smallest absolute Gasteiger partial charge is 0.394 e. The molecule has 2 N–H and O–H groups in total. The van der Waals surface area contributed by atoms with Crippen molar-refractivity contribution in [3.63, 3.8) is 0 Å². The first-order valence-electron chi connectivity index (χ1n) is 5.11. The Balaban J connectivity index is 2.26. The fraction of sp³-hybridized carbons (Fsp3) is 0.700. The first kappa shape index (κ1) is 10.5. The van der Waals surface area contributed by atoms with Crippen molar-refractivity contribution in [3.05, 3.63) is 11.3 Å². The lowest BCUT2D eigenvalue weighted by Crippen LogP contribution is -2.23. The molecule has 15 heavy (non-hydrogen) atoms. The van der Waals surface area contributed by atoms with Gasteiger partial charge in [0.1, 0.15) is 5.70 Å². The minimum Gasteiger partial charge on any atom is -0.394 e. The van der Waals surface area contributed by atoms with Crippen LogP contribution in [0.5, 0.6) is 0 Å². The van der Waals surface area contributed by atoms with Gasteiger partial charge in [0.05, 0.1) is 6.04 Å². The summed E-state index contributed by atoms with van der Waals surface area (Å²) >= 11 is 0. The van der Waals surface area contributed by atoms with Crippen LogP contribution in [-0.4, -0.2) is 17.9 Å². The molecule has 0 radical (unpaired) electrons. The summed E-state index contributed by atoms with van der Waals surface area (Å²) in [6, 6.07) is 0.258. The number of allylic oxidation sites excluding steroid dienone is 2. The Hall–Kier alpha value is -1.00. The third kappa shape index (κ3) is 2.33. The highest BCUT2D eigenvalue weighted by Gasteiger charge is 2.37. The molecule has 5 heteroatoms. The number of rotatable bonds is 1. The van der Waals surface area contributed by atoms with Crippen LogP contribution in [0.1, 0.15) is 32.1 Å². The predicted molar refractivity (Wildman–Crippen MR) is 51.6 cm³/mol. The molecule has 0 aromatic rings. The zero-order valence-electron chi connectivity index (χ0n) is 8.27. The quantitative estimate of drug-likeness (QED) is 0.721. The van der Waals surface area contributed by atoms with Crippen molar-refractivity contribution in [1.82, 2.24) is 0 Å². The highest BCUT2D eigenvalue weighted by molar-refractivity contribution is 6.02. The van der Waals surface area contributed by atoms with E-state index in [1.165, 1.54) is 0 Å². The van der Waals surface area contributed by atoms with Crippen molar-refractivity contribution >= 4 is 5.71 Å². The van der Waals surface area contributed by atoms with Crippen LogP contribution in [0, 0.1) is 0 Å². The highest BCUT2D eigenvalue weighted by Crippen LogP contribution is 2.34. The maximum atomic E-state index is 12.4. The first-order valence-corrected chi connectivity index (χ1v) is 5.11. The Kier molecular flexibility index (Phi) is 2.48. The van der Waals surface area contributed by atoms with Crippen molar-refractivity contribution < 1.29 is 13.2 Å². The minimum atomic E-state index is -4.41. The van der Waals surface area contributed by atoms with Crippen LogP contribution in [-0.2, 0) is 0 Å². The molecule has 2 aliphatic carbocycles. The minimum absolute atomic E-state index is 0.231. The molecule has 0 saturated heterocycles. The standard InChI is InChI=1S/C10H13F3N2/c11-10(12,13)9(14)7-2-1-3-8(7)15-6-4-5-6/h6H,1-5,14H2. The van der Waals surface area contributed by atoms with Crippen molar-refractivity contribution in [2.45, 2.75) is 44.3 Å². The third-order valence-electron chi connectivity index (χ3n) is 2.70. The van der Waals surface area contributed by atoms with Gasteiger partial charge < -0.3 is 5.73 Å². The summed E-state index contributed by atoms with van der Waals surface area (Å²) in [7, 11) is 0. The van der Waals surface area contributed by atoms with Gasteiger partial charge >= 0.3 is 6.18 Å². The van der Waals surface area contributed by atoms with Crippen LogP contribution in [0.2, 0.25) is 0 Å². The van der Waals surface area contributed by atoms with E-state index in [9.17, 15) is 13.2 Å². The molecule has 2 saturated carbocycles. The number of aliphatic imine (C=N–C) groups is 1. The molecule has 0 amide bonds. The van der Waals surface area contributed by atoms with Crippen LogP contribution in [0.4, 0.5) is 13.2 Å². The summed E-state index contributed by atoms with van der Waals surface area (Å²) < 4.78 is 37.2. The Labute approximate surface area is 86.1 Å². The predicted octanol–water partition coefficient (Wildman–Crippen LogP) is 2.55. The molecule has 2 rings (SSSR count). The second-order valence-corrected chi connectivity index (χ2v) is 4.05. The molecule has 0 aliphatic heterocycles. The lowest BCUT2D eigenvalue weighted by atomic mass is 10.1. The normalized spacial score (nSPS) is 28.6. The van der Waals surface area contributed by atoms with Gasteiger partial charge in [0, 0.05) is 11.3 Å². The molecule has 0 bridgehead atoms. The van der Waals surface area contributed by atoms with Gasteiger partial charge in [-0.25, -0.2) is 0 Å². The monoisotopic (exact) mass is 218 g/mol. The van der Waals surface area contributed by atoms with E-state index in [2.05, 4.69) is 4.99 Å². The fourth-order valence-corrected chi connectivity index (χ4v) is 1.76. The van der Waals surface area contributed by atoms with Gasteiger partial charge in [-0.15, -0.1) is 0 Å². The Bertz CT molecular complexity index is 324. The molecule has 0 aromatic heterocycles. The zero-order chi connectivity index (χ0) is 11.1. The third-order valence-corrected chi connectivity index (χ3v) is 2.70. The number of nitrogens with zero attached hydrogens (tertiary/aromatic N) is 1. The second kappa shape index (κ2) is 3.54. The van der Waals surface area contributed by atoms with Gasteiger partial charge in [-0.2, -0.15) is 13.2 Å². The number of hydrogen-bond acceptors (Lipinski definition) is 2. The van der Waals surface area contributed by atoms with E-state index >= 15 is 0 Å². The zero-order valence-corrected chi connectivity index (χ0v) is 8.27. The average Bonchev–Trinajstić information content (AvgIpc) is 2.80. The van der Waals surface area contributed by atoms with E-state index in [4.69, 9.17) is 5.73 Å². The van der Waals surface area contributed by atoms with Gasteiger partial charge in [-0.05, 0) is 32.1 Å². The summed E-state index contributed by atoms with van der Waals surface area (Å²) in [5, 5.41) is 0. The molecular formula is C10H13F3N2. The molecule has 0 heterocycles. The topological polar surface area (TPSA) is 38.4 Å². The lowest BCUT2D eigenvalue weighted by Gasteiger charge is -2.10. The summed E-state index contributed by atoms with van der Waals surface area (Å²) in [6.45, 7) is 0. The van der Waals surface area contributed by atoms with Crippen molar-refractivity contribution in [1.29, 1.82) is 0 Å². The van der Waals surface area contributed by atoms with Crippen LogP contribution < -0.4 is 5.73 Å². The van der Waals surface area contributed by atoms with Gasteiger partial charge in [0.15, 0.2) is 0 Å². The first-order chi connectivity index (χ1) is 6.98. The van der Waals surface area contributed by atoms with Crippen molar-refractivity contribution in [2.75, 3.05) is 0 Å². The second-order valence-electron chi connectivity index (χ2n) is 4.05. The van der Waals surface area contributed by atoms with Gasteiger partial charge in [-0.1, -0.05) is 0 Å². The molecular weight excluding hydrogens is 205 g/mol. The molecule has 2 nitrogen and oxygen atoms in total. The number of alkyl halides is 3. The Morgan fingerprint density at radius 3 is 2.47 bits per heavy atom. The molecule has 0 spiro atoms. The molecule has 0 aromatic carbocycles. The molecule has 0 unspecified atom stereocenters. The van der Waals surface area contributed by atoms with Crippen molar-refractivity contribution in [2.24, 2.45) is 10.7 Å². The summed E-state index contributed by atoms with van der Waals surface area (Å²) in [6.07, 6.45) is -0.618. The van der Waals surface area contributed by atoms with Gasteiger partial charge in [0.2, 0.25) is 0 Å². The van der Waals surface area contributed by atoms with E-state index in [0.29, 0.717) is 18.6 Å². The van der Waals surface area contributed by atoms with Crippen LogP contribution in [0.3, 0.4) is 0 Å². The van der Waals surface area contributed by atoms with E-state index in [1.807, 2.05) is 0 Å². The van der Waals surface area contributed by atoms with Crippen LogP contribution in [0.15, 0.2) is 16.3 Å². The molecule has 84 valence electrons. The summed E-state index contributed by atoms with van der Waals surface area (Å²) in [5.74, 6) is 0. The maximum Gasteiger partial charge on any atom is 0.431 e.